The number of aromatic nitrogens is 2. The highest BCUT2D eigenvalue weighted by Crippen LogP contribution is 2.28. The van der Waals surface area contributed by atoms with E-state index in [1.807, 2.05) is 30.5 Å². The van der Waals surface area contributed by atoms with E-state index in [-0.39, 0.29) is 6.42 Å². The van der Waals surface area contributed by atoms with E-state index >= 15 is 0 Å². The number of rotatable bonds is 7. The lowest BCUT2D eigenvalue weighted by Gasteiger charge is -2.12. The van der Waals surface area contributed by atoms with Crippen LogP contribution in [0.3, 0.4) is 0 Å². The predicted octanol–water partition coefficient (Wildman–Crippen LogP) is 3.95. The van der Waals surface area contributed by atoms with Crippen molar-refractivity contribution in [2.75, 3.05) is 0 Å². The Hall–Kier alpha value is -3.16. The summed E-state index contributed by atoms with van der Waals surface area (Å²) in [7, 11) is 0. The lowest BCUT2D eigenvalue weighted by molar-refractivity contribution is -0.129. The lowest BCUT2D eigenvalue weighted by Crippen LogP contribution is -2.29. The van der Waals surface area contributed by atoms with Crippen LogP contribution in [0.4, 0.5) is 0 Å². The lowest BCUT2D eigenvalue weighted by atomic mass is 10.2. The van der Waals surface area contributed by atoms with E-state index in [1.54, 1.807) is 36.7 Å². The monoisotopic (exact) mass is 457 g/mol. The van der Waals surface area contributed by atoms with Gasteiger partial charge in [-0.1, -0.05) is 29.3 Å². The van der Waals surface area contributed by atoms with Crippen molar-refractivity contribution in [3.63, 3.8) is 0 Å². The third kappa shape index (κ3) is 5.93. The number of hydrogen-bond acceptors (Lipinski definition) is 4. The minimum atomic E-state index is -0.508. The van der Waals surface area contributed by atoms with E-state index in [2.05, 4.69) is 20.8 Å². The van der Waals surface area contributed by atoms with E-state index in [1.165, 1.54) is 6.21 Å². The Bertz CT molecular complexity index is 1130. The molecule has 3 aromatic rings. The molecule has 9 heteroatoms. The van der Waals surface area contributed by atoms with Gasteiger partial charge in [-0.2, -0.15) is 5.10 Å². The number of halogens is 2. The Labute approximate surface area is 190 Å². The van der Waals surface area contributed by atoms with Crippen LogP contribution in [0.15, 0.2) is 53.9 Å². The molecular weight excluding hydrogens is 437 g/mol. The molecular formula is C22H21Cl2N5O2. The zero-order valence-corrected chi connectivity index (χ0v) is 18.5. The van der Waals surface area contributed by atoms with Crippen molar-refractivity contribution in [1.29, 1.82) is 0 Å². The SMILES string of the molecule is Cc1cc(/C=N/NC(=O)CC(=O)NCc2cccnc2)c(C)n1-c1cc(Cl)ccc1Cl. The number of hydrazone groups is 1. The number of nitrogens with one attached hydrogen (secondary N) is 2. The molecule has 0 aliphatic heterocycles. The van der Waals surface area contributed by atoms with Crippen LogP contribution in [0.25, 0.3) is 5.69 Å². The number of nitrogens with zero attached hydrogens (tertiary/aromatic N) is 3. The predicted molar refractivity (Wildman–Crippen MR) is 122 cm³/mol. The quantitative estimate of drug-likeness (QED) is 0.319. The van der Waals surface area contributed by atoms with Gasteiger partial charge in [0.05, 0.1) is 16.9 Å². The zero-order chi connectivity index (χ0) is 22.4. The van der Waals surface area contributed by atoms with E-state index in [0.717, 1.165) is 28.2 Å². The standard InChI is InChI=1S/C22H21Cl2N5O2/c1-14-8-17(15(2)29(14)20-9-18(23)5-6-19(20)24)13-27-28-22(31)10-21(30)26-12-16-4-3-7-25-11-16/h3-9,11,13H,10,12H2,1-2H3,(H,26,30)(H,28,31)/b27-13+. The van der Waals surface area contributed by atoms with Crippen molar-refractivity contribution in [2.24, 2.45) is 5.10 Å². The molecule has 7 nitrogen and oxygen atoms in total. The molecule has 2 amide bonds. The smallest absolute Gasteiger partial charge is 0.249 e. The van der Waals surface area contributed by atoms with Gasteiger partial charge in [-0.3, -0.25) is 14.6 Å². The van der Waals surface area contributed by atoms with Gasteiger partial charge < -0.3 is 9.88 Å². The zero-order valence-electron chi connectivity index (χ0n) is 17.0. The van der Waals surface area contributed by atoms with Gasteiger partial charge in [-0.05, 0) is 49.7 Å². The van der Waals surface area contributed by atoms with Gasteiger partial charge >= 0.3 is 0 Å². The first kappa shape index (κ1) is 22.5. The number of carbonyl (C=O) groups is 2. The number of hydrogen-bond donors (Lipinski definition) is 2. The molecule has 2 heterocycles. The van der Waals surface area contributed by atoms with Crippen LogP contribution in [0, 0.1) is 13.8 Å². The maximum Gasteiger partial charge on any atom is 0.249 e. The van der Waals surface area contributed by atoms with Gasteiger partial charge in [0.25, 0.3) is 0 Å². The Morgan fingerprint density at radius 3 is 2.71 bits per heavy atom. The average Bonchev–Trinajstić information content (AvgIpc) is 3.02. The van der Waals surface area contributed by atoms with Crippen molar-refractivity contribution in [3.8, 4) is 5.69 Å². The third-order valence-corrected chi connectivity index (χ3v) is 5.10. The molecule has 0 radical (unpaired) electrons. The van der Waals surface area contributed by atoms with Crippen LogP contribution in [0.2, 0.25) is 10.0 Å². The first-order valence-electron chi connectivity index (χ1n) is 9.47. The Kier molecular flexibility index (Phi) is 7.44. The van der Waals surface area contributed by atoms with Crippen LogP contribution in [0.1, 0.15) is 28.9 Å². The Morgan fingerprint density at radius 2 is 1.97 bits per heavy atom. The van der Waals surface area contributed by atoms with Crippen molar-refractivity contribution >= 4 is 41.2 Å². The van der Waals surface area contributed by atoms with Gasteiger partial charge in [0.1, 0.15) is 6.42 Å². The van der Waals surface area contributed by atoms with E-state index < -0.39 is 11.8 Å². The largest absolute Gasteiger partial charge is 0.352 e. The second-order valence-corrected chi connectivity index (χ2v) is 7.71. The summed E-state index contributed by atoms with van der Waals surface area (Å²) in [6, 6.07) is 10.8. The molecule has 2 aromatic heterocycles. The first-order chi connectivity index (χ1) is 14.8. The number of benzene rings is 1. The summed E-state index contributed by atoms with van der Waals surface area (Å²) in [5, 5.41) is 7.79. The molecule has 0 saturated carbocycles. The number of carbonyl (C=O) groups excluding carboxylic acids is 2. The molecule has 0 aliphatic carbocycles. The minimum Gasteiger partial charge on any atom is -0.352 e. The highest BCUT2D eigenvalue weighted by atomic mass is 35.5. The van der Waals surface area contributed by atoms with Crippen LogP contribution in [-0.4, -0.2) is 27.6 Å². The second-order valence-electron chi connectivity index (χ2n) is 6.87. The van der Waals surface area contributed by atoms with Gasteiger partial charge in [0, 0.05) is 40.9 Å². The Morgan fingerprint density at radius 1 is 1.16 bits per heavy atom. The van der Waals surface area contributed by atoms with Crippen molar-refractivity contribution in [2.45, 2.75) is 26.8 Å². The molecule has 3 rings (SSSR count). The third-order valence-electron chi connectivity index (χ3n) is 4.55. The van der Waals surface area contributed by atoms with Gasteiger partial charge in [0.15, 0.2) is 0 Å². The van der Waals surface area contributed by atoms with E-state index in [0.29, 0.717) is 16.6 Å². The molecule has 0 fully saturated rings. The number of pyridine rings is 1. The van der Waals surface area contributed by atoms with Crippen LogP contribution >= 0.6 is 23.2 Å². The first-order valence-corrected chi connectivity index (χ1v) is 10.2. The summed E-state index contributed by atoms with van der Waals surface area (Å²) < 4.78 is 1.96. The molecule has 2 N–H and O–H groups in total. The average molecular weight is 458 g/mol. The molecule has 160 valence electrons. The molecule has 0 spiro atoms. The van der Waals surface area contributed by atoms with Crippen LogP contribution in [-0.2, 0) is 16.1 Å². The summed E-state index contributed by atoms with van der Waals surface area (Å²) in [5.41, 5.74) is 6.61. The fraction of sp³-hybridized carbons (Fsp3) is 0.182. The minimum absolute atomic E-state index is 0.307. The summed E-state index contributed by atoms with van der Waals surface area (Å²) in [6.45, 7) is 4.16. The maximum absolute atomic E-state index is 12.0. The summed E-state index contributed by atoms with van der Waals surface area (Å²) in [4.78, 5) is 27.9. The maximum atomic E-state index is 12.0. The van der Waals surface area contributed by atoms with Crippen LogP contribution in [0.5, 0.6) is 0 Å². The van der Waals surface area contributed by atoms with Gasteiger partial charge in [-0.15, -0.1) is 0 Å². The molecule has 1 aromatic carbocycles. The van der Waals surface area contributed by atoms with Crippen molar-refractivity contribution in [1.82, 2.24) is 20.3 Å². The molecule has 31 heavy (non-hydrogen) atoms. The summed E-state index contributed by atoms with van der Waals surface area (Å²) in [6.07, 6.45) is 4.51. The molecule has 0 aliphatic rings. The molecule has 0 saturated heterocycles. The second kappa shape index (κ2) is 10.2. The number of aryl methyl sites for hydroxylation is 1. The van der Waals surface area contributed by atoms with E-state index in [9.17, 15) is 9.59 Å². The Balaban J connectivity index is 1.59. The summed E-state index contributed by atoms with van der Waals surface area (Å²) >= 11 is 12.4. The highest BCUT2D eigenvalue weighted by Gasteiger charge is 2.13. The molecule has 0 atom stereocenters. The number of amides is 2. The summed E-state index contributed by atoms with van der Waals surface area (Å²) in [5.74, 6) is -0.906. The van der Waals surface area contributed by atoms with Crippen molar-refractivity contribution in [3.05, 3.63) is 81.4 Å². The van der Waals surface area contributed by atoms with Crippen LogP contribution < -0.4 is 10.7 Å². The molecule has 0 unspecified atom stereocenters. The van der Waals surface area contributed by atoms with E-state index in [4.69, 9.17) is 23.2 Å². The fourth-order valence-corrected chi connectivity index (χ4v) is 3.44. The molecule has 0 bridgehead atoms. The van der Waals surface area contributed by atoms with Gasteiger partial charge in [-0.25, -0.2) is 5.43 Å². The van der Waals surface area contributed by atoms with Gasteiger partial charge in [0.2, 0.25) is 11.8 Å². The van der Waals surface area contributed by atoms with Crippen molar-refractivity contribution < 1.29 is 9.59 Å². The normalized spacial score (nSPS) is 11.0. The fourth-order valence-electron chi connectivity index (χ4n) is 3.07. The topological polar surface area (TPSA) is 88.4 Å². The highest BCUT2D eigenvalue weighted by molar-refractivity contribution is 6.34.